The quantitative estimate of drug-likeness (QED) is 0.543. The molecular formula is C20H18N4O. The molecule has 0 bridgehead atoms. The summed E-state index contributed by atoms with van der Waals surface area (Å²) in [5.74, 6) is 0.871. The van der Waals surface area contributed by atoms with Crippen LogP contribution in [0.3, 0.4) is 0 Å². The van der Waals surface area contributed by atoms with Gasteiger partial charge in [0.2, 0.25) is 0 Å². The largest absolute Gasteiger partial charge is 0.492 e. The molecule has 5 nitrogen and oxygen atoms in total. The molecule has 124 valence electrons. The van der Waals surface area contributed by atoms with E-state index in [1.54, 1.807) is 12.5 Å². The molecule has 0 aliphatic rings. The lowest BCUT2D eigenvalue weighted by Crippen LogP contribution is -2.07. The van der Waals surface area contributed by atoms with E-state index in [4.69, 9.17) is 4.74 Å². The van der Waals surface area contributed by atoms with Gasteiger partial charge in [-0.2, -0.15) is 0 Å². The van der Waals surface area contributed by atoms with E-state index in [9.17, 15) is 0 Å². The molecule has 0 unspecified atom stereocenters. The zero-order chi connectivity index (χ0) is 16.9. The predicted molar refractivity (Wildman–Crippen MR) is 96.5 cm³/mol. The summed E-state index contributed by atoms with van der Waals surface area (Å²) in [6.07, 6.45) is 5.95. The Hall–Kier alpha value is -3.21. The number of hydrogen-bond acceptors (Lipinski definition) is 4. The number of imidazole rings is 1. The van der Waals surface area contributed by atoms with Crippen LogP contribution in [0.2, 0.25) is 0 Å². The number of benzene rings is 2. The lowest BCUT2D eigenvalue weighted by atomic mass is 10.1. The molecule has 2 heterocycles. The van der Waals surface area contributed by atoms with Crippen LogP contribution in [0.5, 0.6) is 5.75 Å². The van der Waals surface area contributed by atoms with E-state index in [0.29, 0.717) is 13.2 Å². The fourth-order valence-electron chi connectivity index (χ4n) is 2.78. The summed E-state index contributed by atoms with van der Waals surface area (Å²) >= 11 is 0. The van der Waals surface area contributed by atoms with Crippen molar-refractivity contribution in [3.8, 4) is 5.75 Å². The third-order valence-corrected chi connectivity index (χ3v) is 4.06. The monoisotopic (exact) mass is 330 g/mol. The average Bonchev–Trinajstić information content (AvgIpc) is 3.07. The second-order valence-corrected chi connectivity index (χ2v) is 5.82. The first kappa shape index (κ1) is 15.3. The van der Waals surface area contributed by atoms with Crippen molar-refractivity contribution in [3.05, 3.63) is 84.6 Å². The van der Waals surface area contributed by atoms with Crippen LogP contribution in [0, 0.1) is 0 Å². The normalized spacial score (nSPS) is 10.9. The third-order valence-electron chi connectivity index (χ3n) is 4.06. The molecule has 0 saturated heterocycles. The molecule has 25 heavy (non-hydrogen) atoms. The van der Waals surface area contributed by atoms with Gasteiger partial charge in [0.15, 0.2) is 5.65 Å². The lowest BCUT2D eigenvalue weighted by molar-refractivity contribution is 0.299. The molecule has 4 aromatic rings. The molecule has 0 aliphatic carbocycles. The summed E-state index contributed by atoms with van der Waals surface area (Å²) in [5, 5.41) is 0. The van der Waals surface area contributed by atoms with Gasteiger partial charge in [0.05, 0.1) is 19.1 Å². The number of hydrogen-bond donors (Lipinski definition) is 0. The van der Waals surface area contributed by atoms with Gasteiger partial charge in [-0.15, -0.1) is 0 Å². The molecule has 4 rings (SSSR count). The topological polar surface area (TPSA) is 52.8 Å². The molecule has 0 saturated carbocycles. The molecule has 0 spiro atoms. The minimum Gasteiger partial charge on any atom is -0.492 e. The maximum Gasteiger partial charge on any atom is 0.163 e. The zero-order valence-corrected chi connectivity index (χ0v) is 13.7. The summed E-state index contributed by atoms with van der Waals surface area (Å²) in [5.41, 5.74) is 4.21. The van der Waals surface area contributed by atoms with Gasteiger partial charge in [-0.05, 0) is 29.7 Å². The molecule has 2 aromatic carbocycles. The maximum atomic E-state index is 5.84. The Labute approximate surface area is 146 Å². The van der Waals surface area contributed by atoms with Crippen LogP contribution in [0.25, 0.3) is 11.2 Å². The Morgan fingerprint density at radius 3 is 2.52 bits per heavy atom. The van der Waals surface area contributed by atoms with Gasteiger partial charge in [-0.3, -0.25) is 0 Å². The van der Waals surface area contributed by atoms with Crippen LogP contribution in [-0.4, -0.2) is 26.1 Å². The summed E-state index contributed by atoms with van der Waals surface area (Å²) in [7, 11) is 0. The molecule has 2 aromatic heterocycles. The highest BCUT2D eigenvalue weighted by Crippen LogP contribution is 2.15. The van der Waals surface area contributed by atoms with Crippen molar-refractivity contribution in [1.29, 1.82) is 0 Å². The number of rotatable bonds is 6. The molecule has 0 amide bonds. The predicted octanol–water partition coefficient (Wildman–Crippen LogP) is 3.50. The van der Waals surface area contributed by atoms with Crippen LogP contribution < -0.4 is 4.74 Å². The van der Waals surface area contributed by atoms with Crippen molar-refractivity contribution in [2.45, 2.75) is 13.0 Å². The second kappa shape index (κ2) is 7.13. The average molecular weight is 330 g/mol. The SMILES string of the molecule is c1ccc(Cc2ccc(OCCn3cnc4cncnc43)cc2)cc1. The van der Waals surface area contributed by atoms with E-state index in [-0.39, 0.29) is 0 Å². The summed E-state index contributed by atoms with van der Waals surface area (Å²) in [4.78, 5) is 12.5. The number of fused-ring (bicyclic) bond motifs is 1. The van der Waals surface area contributed by atoms with Crippen LogP contribution in [0.1, 0.15) is 11.1 Å². The first-order valence-electron chi connectivity index (χ1n) is 8.25. The van der Waals surface area contributed by atoms with Crippen molar-refractivity contribution < 1.29 is 4.74 Å². The standard InChI is InChI=1S/C20H18N4O/c1-2-4-16(5-3-1)12-17-6-8-18(9-7-17)25-11-10-24-15-23-19-13-21-14-22-20(19)24/h1-9,13-15H,10-12H2. The Morgan fingerprint density at radius 1 is 0.880 bits per heavy atom. The van der Waals surface area contributed by atoms with Crippen LogP contribution in [0.15, 0.2) is 73.4 Å². The van der Waals surface area contributed by atoms with Crippen LogP contribution in [0.4, 0.5) is 0 Å². The maximum absolute atomic E-state index is 5.84. The number of nitrogens with zero attached hydrogens (tertiary/aromatic N) is 4. The molecule has 0 aliphatic heterocycles. The fourth-order valence-corrected chi connectivity index (χ4v) is 2.78. The summed E-state index contributed by atoms with van der Waals surface area (Å²) in [6.45, 7) is 1.26. The molecule has 0 N–H and O–H groups in total. The summed E-state index contributed by atoms with van der Waals surface area (Å²) in [6, 6.07) is 18.7. The highest BCUT2D eigenvalue weighted by Gasteiger charge is 2.03. The second-order valence-electron chi connectivity index (χ2n) is 5.82. The van der Waals surface area contributed by atoms with Gasteiger partial charge >= 0.3 is 0 Å². The summed E-state index contributed by atoms with van der Waals surface area (Å²) < 4.78 is 7.81. The Balaban J connectivity index is 1.34. The first-order chi connectivity index (χ1) is 12.4. The van der Waals surface area contributed by atoms with Gasteiger partial charge in [0, 0.05) is 0 Å². The van der Waals surface area contributed by atoms with Crippen LogP contribution in [-0.2, 0) is 13.0 Å². The zero-order valence-electron chi connectivity index (χ0n) is 13.7. The van der Waals surface area contributed by atoms with Crippen molar-refractivity contribution in [2.24, 2.45) is 0 Å². The highest BCUT2D eigenvalue weighted by molar-refractivity contribution is 5.68. The Bertz CT molecular complexity index is 948. The first-order valence-corrected chi connectivity index (χ1v) is 8.25. The number of aromatic nitrogens is 4. The van der Waals surface area contributed by atoms with E-state index in [0.717, 1.165) is 23.3 Å². The van der Waals surface area contributed by atoms with Crippen LogP contribution >= 0.6 is 0 Å². The van der Waals surface area contributed by atoms with Crippen molar-refractivity contribution in [1.82, 2.24) is 19.5 Å². The van der Waals surface area contributed by atoms with Crippen molar-refractivity contribution >= 4 is 11.2 Å². The molecule has 5 heteroatoms. The van der Waals surface area contributed by atoms with E-state index in [2.05, 4.69) is 51.4 Å². The van der Waals surface area contributed by atoms with Gasteiger partial charge < -0.3 is 9.30 Å². The molecule has 0 fully saturated rings. The fraction of sp³-hybridized carbons (Fsp3) is 0.150. The Kier molecular flexibility index (Phi) is 4.37. The van der Waals surface area contributed by atoms with Gasteiger partial charge in [-0.25, -0.2) is 15.0 Å². The van der Waals surface area contributed by atoms with E-state index >= 15 is 0 Å². The Morgan fingerprint density at radius 2 is 1.68 bits per heavy atom. The van der Waals surface area contributed by atoms with Gasteiger partial charge in [0.25, 0.3) is 0 Å². The van der Waals surface area contributed by atoms with Gasteiger partial charge in [0.1, 0.15) is 24.2 Å². The smallest absolute Gasteiger partial charge is 0.163 e. The lowest BCUT2D eigenvalue weighted by Gasteiger charge is -2.08. The van der Waals surface area contributed by atoms with E-state index < -0.39 is 0 Å². The molecule has 0 atom stereocenters. The van der Waals surface area contributed by atoms with Crippen molar-refractivity contribution in [2.75, 3.05) is 6.61 Å². The van der Waals surface area contributed by atoms with E-state index in [1.807, 2.05) is 22.8 Å². The van der Waals surface area contributed by atoms with Gasteiger partial charge in [-0.1, -0.05) is 42.5 Å². The van der Waals surface area contributed by atoms with Crippen molar-refractivity contribution in [3.63, 3.8) is 0 Å². The molecular weight excluding hydrogens is 312 g/mol. The number of ether oxygens (including phenoxy) is 1. The molecule has 0 radical (unpaired) electrons. The minimum atomic E-state index is 0.563. The van der Waals surface area contributed by atoms with E-state index in [1.165, 1.54) is 17.5 Å². The third kappa shape index (κ3) is 3.66. The highest BCUT2D eigenvalue weighted by atomic mass is 16.5. The minimum absolute atomic E-state index is 0.563.